The van der Waals surface area contributed by atoms with Crippen molar-refractivity contribution in [3.05, 3.63) is 59.7 Å². The summed E-state index contributed by atoms with van der Waals surface area (Å²) in [7, 11) is 0. The second-order valence-corrected chi connectivity index (χ2v) is 6.67. The zero-order valence-electron chi connectivity index (χ0n) is 13.9. The fourth-order valence-electron chi connectivity index (χ4n) is 3.04. The van der Waals surface area contributed by atoms with Gasteiger partial charge >= 0.3 is 11.9 Å². The highest BCUT2D eigenvalue weighted by Crippen LogP contribution is 2.26. The molecule has 0 unspecified atom stereocenters. The van der Waals surface area contributed by atoms with Crippen LogP contribution in [-0.2, 0) is 14.3 Å². The number of hydrogen-bond acceptors (Lipinski definition) is 5. The van der Waals surface area contributed by atoms with Crippen LogP contribution in [0.25, 0.3) is 0 Å². The number of benzene rings is 1. The van der Waals surface area contributed by atoms with Crippen molar-refractivity contribution in [3.63, 3.8) is 0 Å². The number of carbonyl (C=O) groups is 2. The smallest absolute Gasteiger partial charge is 0.339 e. The molecule has 2 atom stereocenters. The Kier molecular flexibility index (Phi) is 5.76. The van der Waals surface area contributed by atoms with Gasteiger partial charge in [0.25, 0.3) is 0 Å². The Labute approximate surface area is 152 Å². The highest BCUT2D eigenvalue weighted by molar-refractivity contribution is 7.81. The summed E-state index contributed by atoms with van der Waals surface area (Å²) in [6.45, 7) is 0. The molecule has 0 amide bonds. The molecule has 1 fully saturated rings. The molecule has 4 nitrogen and oxygen atoms in total. The Bertz CT molecular complexity index is 720. The molecule has 1 saturated carbocycles. The minimum atomic E-state index is -0.429. The van der Waals surface area contributed by atoms with Crippen molar-refractivity contribution in [1.82, 2.24) is 0 Å². The Morgan fingerprint density at radius 1 is 0.960 bits per heavy atom. The standard InChI is InChI=1S/C20H20O4S/c21-19(14-8-2-1-3-9-14)23-16-11-5-6-12-17(16)24-20(22)15-10-4-7-13-18(15)25/h1-4,7-10,16-17H,5-6,11-13H2/t16-,17-/m1/s1. The van der Waals surface area contributed by atoms with Gasteiger partial charge in [0.1, 0.15) is 12.2 Å². The van der Waals surface area contributed by atoms with Gasteiger partial charge in [-0.1, -0.05) is 42.6 Å². The van der Waals surface area contributed by atoms with E-state index in [-0.39, 0.29) is 5.97 Å². The summed E-state index contributed by atoms with van der Waals surface area (Å²) in [4.78, 5) is 25.3. The van der Waals surface area contributed by atoms with E-state index in [1.165, 1.54) is 0 Å². The summed E-state index contributed by atoms with van der Waals surface area (Å²) in [5.41, 5.74) is 0.927. The first kappa shape index (κ1) is 17.5. The van der Waals surface area contributed by atoms with Gasteiger partial charge in [0.15, 0.2) is 0 Å². The van der Waals surface area contributed by atoms with Gasteiger partial charge in [-0.3, -0.25) is 0 Å². The van der Waals surface area contributed by atoms with Gasteiger partial charge in [-0.15, -0.1) is 0 Å². The molecule has 130 valence electrons. The molecule has 0 radical (unpaired) electrons. The zero-order chi connectivity index (χ0) is 17.6. The van der Waals surface area contributed by atoms with E-state index in [1.807, 2.05) is 12.1 Å². The topological polar surface area (TPSA) is 52.6 Å². The summed E-state index contributed by atoms with van der Waals surface area (Å²) in [5, 5.41) is 0. The predicted octanol–water partition coefficient (Wildman–Crippen LogP) is 3.95. The third-order valence-corrected chi connectivity index (χ3v) is 4.78. The van der Waals surface area contributed by atoms with Crippen LogP contribution < -0.4 is 0 Å². The minimum absolute atomic E-state index is 0.385. The molecular formula is C20H20O4S. The highest BCUT2D eigenvalue weighted by atomic mass is 32.1. The number of allylic oxidation sites excluding steroid dienone is 3. The fraction of sp³-hybridized carbons (Fsp3) is 0.350. The van der Waals surface area contributed by atoms with Crippen LogP contribution in [-0.4, -0.2) is 29.0 Å². The van der Waals surface area contributed by atoms with E-state index in [1.54, 1.807) is 36.4 Å². The van der Waals surface area contributed by atoms with Crippen LogP contribution in [0.1, 0.15) is 42.5 Å². The number of esters is 2. The van der Waals surface area contributed by atoms with Crippen LogP contribution in [0.4, 0.5) is 0 Å². The van der Waals surface area contributed by atoms with Crippen LogP contribution in [0.15, 0.2) is 54.1 Å². The molecular weight excluding hydrogens is 336 g/mol. The molecule has 2 aliphatic carbocycles. The van der Waals surface area contributed by atoms with E-state index in [4.69, 9.17) is 21.7 Å². The molecule has 0 aromatic heterocycles. The summed E-state index contributed by atoms with van der Waals surface area (Å²) in [6.07, 6.45) is 8.40. The van der Waals surface area contributed by atoms with Crippen LogP contribution >= 0.6 is 12.2 Å². The molecule has 5 heteroatoms. The van der Waals surface area contributed by atoms with E-state index in [9.17, 15) is 9.59 Å². The number of rotatable bonds is 4. The van der Waals surface area contributed by atoms with Crippen molar-refractivity contribution in [2.75, 3.05) is 0 Å². The van der Waals surface area contributed by atoms with Gasteiger partial charge in [-0.05, 0) is 43.9 Å². The molecule has 0 saturated heterocycles. The van der Waals surface area contributed by atoms with E-state index < -0.39 is 18.2 Å². The summed E-state index contributed by atoms with van der Waals surface area (Å²) in [6, 6.07) is 8.85. The lowest BCUT2D eigenvalue weighted by Gasteiger charge is -2.31. The normalized spacial score (nSPS) is 22.9. The first-order chi connectivity index (χ1) is 12.1. The van der Waals surface area contributed by atoms with Crippen molar-refractivity contribution in [1.29, 1.82) is 0 Å². The van der Waals surface area contributed by atoms with E-state index in [2.05, 4.69) is 0 Å². The van der Waals surface area contributed by atoms with Crippen molar-refractivity contribution in [3.8, 4) is 0 Å². The summed E-state index contributed by atoms with van der Waals surface area (Å²) < 4.78 is 11.3. The fourth-order valence-corrected chi connectivity index (χ4v) is 3.28. The number of carbonyl (C=O) groups excluding carboxylic acids is 2. The van der Waals surface area contributed by atoms with E-state index in [0.717, 1.165) is 12.8 Å². The van der Waals surface area contributed by atoms with Crippen LogP contribution in [0, 0.1) is 0 Å². The SMILES string of the molecule is O=C(O[C@@H]1CCCC[C@H]1OC(=O)c1ccccc1)C1=CC=CCC1=S. The van der Waals surface area contributed by atoms with Gasteiger partial charge in [0, 0.05) is 11.3 Å². The second kappa shape index (κ2) is 8.21. The lowest BCUT2D eigenvalue weighted by atomic mass is 9.94. The molecule has 25 heavy (non-hydrogen) atoms. The molecule has 0 bridgehead atoms. The number of ether oxygens (including phenoxy) is 2. The van der Waals surface area contributed by atoms with Crippen LogP contribution in [0.5, 0.6) is 0 Å². The molecule has 2 aliphatic rings. The lowest BCUT2D eigenvalue weighted by Crippen LogP contribution is -2.38. The molecule has 0 N–H and O–H groups in total. The van der Waals surface area contributed by atoms with Gasteiger partial charge in [-0.25, -0.2) is 9.59 Å². The monoisotopic (exact) mass is 356 g/mol. The minimum Gasteiger partial charge on any atom is -0.455 e. The largest absolute Gasteiger partial charge is 0.455 e. The van der Waals surface area contributed by atoms with Crippen LogP contribution in [0.3, 0.4) is 0 Å². The van der Waals surface area contributed by atoms with Gasteiger partial charge in [0.2, 0.25) is 0 Å². The molecule has 3 rings (SSSR count). The average molecular weight is 356 g/mol. The predicted molar refractivity (Wildman–Crippen MR) is 98.4 cm³/mol. The summed E-state index contributed by atoms with van der Waals surface area (Å²) >= 11 is 5.23. The van der Waals surface area contributed by atoms with E-state index in [0.29, 0.717) is 35.3 Å². The van der Waals surface area contributed by atoms with Crippen molar-refractivity contribution in [2.45, 2.75) is 44.3 Å². The van der Waals surface area contributed by atoms with Gasteiger partial charge in [0.05, 0.1) is 11.1 Å². The van der Waals surface area contributed by atoms with Gasteiger partial charge < -0.3 is 9.47 Å². The Morgan fingerprint density at radius 3 is 2.24 bits per heavy atom. The third-order valence-electron chi connectivity index (χ3n) is 4.39. The highest BCUT2D eigenvalue weighted by Gasteiger charge is 2.33. The summed E-state index contributed by atoms with van der Waals surface area (Å²) in [5.74, 6) is -0.814. The quantitative estimate of drug-likeness (QED) is 0.604. The molecule has 1 aromatic rings. The Balaban J connectivity index is 1.66. The Morgan fingerprint density at radius 2 is 1.60 bits per heavy atom. The molecule has 0 aliphatic heterocycles. The molecule has 0 spiro atoms. The first-order valence-corrected chi connectivity index (χ1v) is 8.93. The number of hydrogen-bond donors (Lipinski definition) is 0. The molecule has 0 heterocycles. The lowest BCUT2D eigenvalue weighted by molar-refractivity contribution is -0.152. The maximum absolute atomic E-state index is 12.4. The van der Waals surface area contributed by atoms with Crippen LogP contribution in [0.2, 0.25) is 0 Å². The van der Waals surface area contributed by atoms with Crippen molar-refractivity contribution in [2.24, 2.45) is 0 Å². The van der Waals surface area contributed by atoms with Gasteiger partial charge in [-0.2, -0.15) is 0 Å². The van der Waals surface area contributed by atoms with Crippen molar-refractivity contribution < 1.29 is 19.1 Å². The third kappa shape index (κ3) is 4.42. The number of thiocarbonyl (C=S) groups is 1. The maximum atomic E-state index is 12.4. The first-order valence-electron chi connectivity index (χ1n) is 8.52. The second-order valence-electron chi connectivity index (χ2n) is 6.17. The zero-order valence-corrected chi connectivity index (χ0v) is 14.7. The maximum Gasteiger partial charge on any atom is 0.339 e. The molecule has 1 aromatic carbocycles. The Hall–Kier alpha value is -2.27. The van der Waals surface area contributed by atoms with E-state index >= 15 is 0 Å². The average Bonchev–Trinajstić information content (AvgIpc) is 2.64. The van der Waals surface area contributed by atoms with Crippen molar-refractivity contribution >= 4 is 29.0 Å².